The number of amides is 1. The van der Waals surface area contributed by atoms with Crippen LogP contribution in [-0.4, -0.2) is 29.8 Å². The first kappa shape index (κ1) is 19.5. The summed E-state index contributed by atoms with van der Waals surface area (Å²) in [4.78, 5) is 13.2. The first-order valence-corrected chi connectivity index (χ1v) is 9.21. The number of rotatable bonds is 5. The van der Waals surface area contributed by atoms with Crippen molar-refractivity contribution < 1.29 is 14.3 Å². The number of hydrogen-bond donors (Lipinski definition) is 0. The van der Waals surface area contributed by atoms with E-state index in [1.807, 2.05) is 12.1 Å². The Labute approximate surface area is 168 Å². The number of methoxy groups -OCH3 is 1. The molecule has 2 aromatic rings. The molecule has 0 saturated carbocycles. The van der Waals surface area contributed by atoms with E-state index in [9.17, 15) is 4.79 Å². The monoisotopic (exact) mass is 406 g/mol. The number of halogens is 2. The number of carbonyl (C=O) groups excluding carboxylic acids is 1. The van der Waals surface area contributed by atoms with Gasteiger partial charge in [-0.05, 0) is 43.7 Å². The SMILES string of the molecule is COc1cc(Cl)ccc1OC(C)(C)C(=O)N1N=CCC1c1ccc(Cl)cc1. The number of hydrazone groups is 1. The zero-order valence-corrected chi connectivity index (χ0v) is 16.8. The Kier molecular flexibility index (Phi) is 5.63. The van der Waals surface area contributed by atoms with Crippen LogP contribution in [0.2, 0.25) is 10.0 Å². The topological polar surface area (TPSA) is 51.1 Å². The molecule has 0 N–H and O–H groups in total. The van der Waals surface area contributed by atoms with Gasteiger partial charge in [0.1, 0.15) is 0 Å². The molecule has 1 heterocycles. The molecule has 1 atom stereocenters. The van der Waals surface area contributed by atoms with Crippen LogP contribution in [0.5, 0.6) is 11.5 Å². The molecular formula is C20H20Cl2N2O3. The molecule has 27 heavy (non-hydrogen) atoms. The van der Waals surface area contributed by atoms with Crippen LogP contribution in [0.25, 0.3) is 0 Å². The van der Waals surface area contributed by atoms with E-state index in [-0.39, 0.29) is 11.9 Å². The van der Waals surface area contributed by atoms with Gasteiger partial charge in [0.25, 0.3) is 5.91 Å². The van der Waals surface area contributed by atoms with E-state index in [2.05, 4.69) is 5.10 Å². The van der Waals surface area contributed by atoms with E-state index >= 15 is 0 Å². The number of nitrogens with zero attached hydrogens (tertiary/aromatic N) is 2. The van der Waals surface area contributed by atoms with E-state index < -0.39 is 5.60 Å². The van der Waals surface area contributed by atoms with Crippen molar-refractivity contribution in [1.82, 2.24) is 5.01 Å². The van der Waals surface area contributed by atoms with Crippen LogP contribution >= 0.6 is 23.2 Å². The van der Waals surface area contributed by atoms with Gasteiger partial charge in [-0.2, -0.15) is 5.10 Å². The zero-order chi connectivity index (χ0) is 19.6. The lowest BCUT2D eigenvalue weighted by Gasteiger charge is -2.32. The van der Waals surface area contributed by atoms with E-state index in [1.165, 1.54) is 12.1 Å². The fourth-order valence-electron chi connectivity index (χ4n) is 2.89. The van der Waals surface area contributed by atoms with E-state index in [4.69, 9.17) is 32.7 Å². The van der Waals surface area contributed by atoms with E-state index in [0.717, 1.165) is 5.56 Å². The Morgan fingerprint density at radius 1 is 1.11 bits per heavy atom. The van der Waals surface area contributed by atoms with Gasteiger partial charge in [-0.3, -0.25) is 4.79 Å². The van der Waals surface area contributed by atoms with Gasteiger partial charge in [0.2, 0.25) is 0 Å². The lowest BCUT2D eigenvalue weighted by molar-refractivity contribution is -0.147. The van der Waals surface area contributed by atoms with Gasteiger partial charge in [0.15, 0.2) is 17.1 Å². The van der Waals surface area contributed by atoms with Gasteiger partial charge in [0.05, 0.1) is 13.2 Å². The Balaban J connectivity index is 1.82. The molecule has 0 saturated heterocycles. The molecule has 0 aliphatic carbocycles. The number of carbonyl (C=O) groups is 1. The standard InChI is InChI=1S/C20H20Cl2N2O3/c1-20(2,27-17-9-8-15(22)12-18(17)26-3)19(25)24-16(10-11-23-24)13-4-6-14(21)7-5-13/h4-9,11-12,16H,10H2,1-3H3. The summed E-state index contributed by atoms with van der Waals surface area (Å²) in [5, 5.41) is 6.91. The highest BCUT2D eigenvalue weighted by Gasteiger charge is 2.40. The maximum absolute atomic E-state index is 13.2. The van der Waals surface area contributed by atoms with Gasteiger partial charge in [0, 0.05) is 28.7 Å². The summed E-state index contributed by atoms with van der Waals surface area (Å²) < 4.78 is 11.3. The van der Waals surface area contributed by atoms with E-state index in [0.29, 0.717) is 28.0 Å². The fraction of sp³-hybridized carbons (Fsp3) is 0.300. The second-order valence-electron chi connectivity index (χ2n) is 6.66. The normalized spacial score (nSPS) is 16.5. The van der Waals surface area contributed by atoms with Gasteiger partial charge < -0.3 is 9.47 Å². The first-order chi connectivity index (χ1) is 12.8. The minimum Gasteiger partial charge on any atom is -0.493 e. The predicted octanol–water partition coefficient (Wildman–Crippen LogP) is 5.12. The lowest BCUT2D eigenvalue weighted by Crippen LogP contribution is -2.47. The Bertz CT molecular complexity index is 866. The third kappa shape index (κ3) is 4.20. The molecule has 0 spiro atoms. The summed E-state index contributed by atoms with van der Waals surface area (Å²) in [5.74, 6) is 0.641. The molecule has 3 rings (SSSR count). The molecule has 1 unspecified atom stereocenters. The van der Waals surface area contributed by atoms with Crippen LogP contribution < -0.4 is 9.47 Å². The minimum atomic E-state index is -1.16. The van der Waals surface area contributed by atoms with Crippen LogP contribution in [0.15, 0.2) is 47.6 Å². The summed E-state index contributed by atoms with van der Waals surface area (Å²) in [6.07, 6.45) is 2.36. The zero-order valence-electron chi connectivity index (χ0n) is 15.3. The molecule has 2 aromatic carbocycles. The molecule has 7 heteroatoms. The predicted molar refractivity (Wildman–Crippen MR) is 107 cm³/mol. The van der Waals surface area contributed by atoms with Crippen molar-refractivity contribution in [2.45, 2.75) is 31.9 Å². The maximum Gasteiger partial charge on any atom is 0.286 e. The Morgan fingerprint density at radius 3 is 2.44 bits per heavy atom. The largest absolute Gasteiger partial charge is 0.493 e. The Morgan fingerprint density at radius 2 is 1.78 bits per heavy atom. The third-order valence-corrected chi connectivity index (χ3v) is 4.79. The molecule has 1 amide bonds. The summed E-state index contributed by atoms with van der Waals surface area (Å²) >= 11 is 12.0. The van der Waals surface area contributed by atoms with Crippen molar-refractivity contribution in [2.75, 3.05) is 7.11 Å². The molecular weight excluding hydrogens is 387 g/mol. The number of ether oxygens (including phenoxy) is 2. The van der Waals surface area contributed by atoms with E-state index in [1.54, 1.807) is 50.4 Å². The quantitative estimate of drug-likeness (QED) is 0.692. The fourth-order valence-corrected chi connectivity index (χ4v) is 3.18. The highest BCUT2D eigenvalue weighted by atomic mass is 35.5. The molecule has 1 aliphatic heterocycles. The summed E-state index contributed by atoms with van der Waals surface area (Å²) in [7, 11) is 1.52. The van der Waals surface area contributed by atoms with Crippen LogP contribution in [0.1, 0.15) is 31.9 Å². The van der Waals surface area contributed by atoms with Gasteiger partial charge in [-0.15, -0.1) is 0 Å². The van der Waals surface area contributed by atoms with Crippen LogP contribution in [0, 0.1) is 0 Å². The minimum absolute atomic E-state index is 0.190. The number of hydrogen-bond acceptors (Lipinski definition) is 4. The van der Waals surface area contributed by atoms with Crippen molar-refractivity contribution in [1.29, 1.82) is 0 Å². The lowest BCUT2D eigenvalue weighted by atomic mass is 10.0. The van der Waals surface area contributed by atoms with Crippen molar-refractivity contribution >= 4 is 35.3 Å². The van der Waals surface area contributed by atoms with Crippen molar-refractivity contribution in [3.63, 3.8) is 0 Å². The summed E-state index contributed by atoms with van der Waals surface area (Å²) in [5.41, 5.74) is -0.196. The molecule has 0 aromatic heterocycles. The summed E-state index contributed by atoms with van der Waals surface area (Å²) in [6, 6.07) is 12.2. The highest BCUT2D eigenvalue weighted by Crippen LogP contribution is 2.35. The average molecular weight is 407 g/mol. The van der Waals surface area contributed by atoms with Gasteiger partial charge in [-0.25, -0.2) is 5.01 Å². The second kappa shape index (κ2) is 7.79. The molecule has 5 nitrogen and oxygen atoms in total. The van der Waals surface area contributed by atoms with Gasteiger partial charge in [-0.1, -0.05) is 35.3 Å². The summed E-state index contributed by atoms with van der Waals surface area (Å²) in [6.45, 7) is 3.41. The van der Waals surface area contributed by atoms with Crippen LogP contribution in [-0.2, 0) is 4.79 Å². The molecule has 142 valence electrons. The molecule has 0 fully saturated rings. The van der Waals surface area contributed by atoms with Crippen molar-refractivity contribution in [2.24, 2.45) is 5.10 Å². The highest BCUT2D eigenvalue weighted by molar-refractivity contribution is 6.31. The van der Waals surface area contributed by atoms with Crippen LogP contribution in [0.4, 0.5) is 0 Å². The molecule has 0 bridgehead atoms. The first-order valence-electron chi connectivity index (χ1n) is 8.46. The van der Waals surface area contributed by atoms with Crippen molar-refractivity contribution in [3.8, 4) is 11.5 Å². The maximum atomic E-state index is 13.2. The third-order valence-electron chi connectivity index (χ3n) is 4.30. The molecule has 0 radical (unpaired) electrons. The molecule has 1 aliphatic rings. The average Bonchev–Trinajstić information content (AvgIpc) is 3.12. The number of benzene rings is 2. The smallest absolute Gasteiger partial charge is 0.286 e. The van der Waals surface area contributed by atoms with Gasteiger partial charge >= 0.3 is 0 Å². The van der Waals surface area contributed by atoms with Crippen molar-refractivity contribution in [3.05, 3.63) is 58.1 Å². The second-order valence-corrected chi connectivity index (χ2v) is 7.53. The van der Waals surface area contributed by atoms with Crippen LogP contribution in [0.3, 0.4) is 0 Å². The Hall–Kier alpha value is -2.24.